The Bertz CT molecular complexity index is 1500. The number of amides is 3. The Morgan fingerprint density at radius 1 is 1.16 bits per heavy atom. The number of ether oxygens (including phenoxy) is 1. The van der Waals surface area contributed by atoms with Crippen molar-refractivity contribution < 1.29 is 19.4 Å². The van der Waals surface area contributed by atoms with Crippen molar-refractivity contribution in [3.05, 3.63) is 66.5 Å². The zero-order valence-electron chi connectivity index (χ0n) is 21.7. The molecular formula is C29H31N5O4. The summed E-state index contributed by atoms with van der Waals surface area (Å²) in [4.78, 5) is 37.1. The van der Waals surface area contributed by atoms with Crippen molar-refractivity contribution >= 4 is 28.7 Å². The predicted octanol–water partition coefficient (Wildman–Crippen LogP) is 4.60. The summed E-state index contributed by atoms with van der Waals surface area (Å²) in [5.74, 6) is 0.534. The van der Waals surface area contributed by atoms with Gasteiger partial charge in [-0.25, -0.2) is 9.78 Å². The van der Waals surface area contributed by atoms with Gasteiger partial charge in [-0.1, -0.05) is 24.3 Å². The summed E-state index contributed by atoms with van der Waals surface area (Å²) in [6, 6.07) is 14.7. The number of nitrogens with zero attached hydrogens (tertiary/aromatic N) is 3. The normalized spacial score (nSPS) is 15.1. The van der Waals surface area contributed by atoms with Crippen molar-refractivity contribution in [1.29, 1.82) is 0 Å². The molecule has 38 heavy (non-hydrogen) atoms. The molecule has 1 atom stereocenters. The number of nitrogens with one attached hydrogen (secondary N) is 2. The first kappa shape index (κ1) is 25.3. The summed E-state index contributed by atoms with van der Waals surface area (Å²) < 4.78 is 5.56. The number of H-pyrrole nitrogens is 1. The minimum Gasteiger partial charge on any atom is -0.496 e. The number of benzene rings is 2. The van der Waals surface area contributed by atoms with Gasteiger partial charge < -0.3 is 29.9 Å². The molecule has 0 saturated carbocycles. The topological polar surface area (TPSA) is 111 Å². The van der Waals surface area contributed by atoms with E-state index in [-0.39, 0.29) is 24.6 Å². The molecule has 3 amide bonds. The van der Waals surface area contributed by atoms with Gasteiger partial charge in [-0.3, -0.25) is 4.79 Å². The summed E-state index contributed by atoms with van der Waals surface area (Å²) in [6.07, 6.45) is 5.28. The highest BCUT2D eigenvalue weighted by Crippen LogP contribution is 2.36. The Labute approximate surface area is 221 Å². The molecule has 0 radical (unpaired) electrons. The van der Waals surface area contributed by atoms with E-state index in [2.05, 4.69) is 15.3 Å². The second-order valence-corrected chi connectivity index (χ2v) is 9.58. The quantitative estimate of drug-likeness (QED) is 0.349. The maximum Gasteiger partial charge on any atom is 0.322 e. The van der Waals surface area contributed by atoms with E-state index in [9.17, 15) is 14.7 Å². The molecule has 3 heterocycles. The first-order chi connectivity index (χ1) is 18.4. The lowest BCUT2D eigenvalue weighted by molar-refractivity contribution is 0.0828. The number of rotatable bonds is 6. The number of para-hydroxylation sites is 1. The zero-order valence-corrected chi connectivity index (χ0v) is 21.7. The number of aliphatic hydroxyl groups is 1. The highest BCUT2D eigenvalue weighted by atomic mass is 16.5. The van der Waals surface area contributed by atoms with E-state index in [0.717, 1.165) is 51.9 Å². The first-order valence-corrected chi connectivity index (χ1v) is 12.6. The van der Waals surface area contributed by atoms with Crippen LogP contribution in [0.25, 0.3) is 33.3 Å². The lowest BCUT2D eigenvalue weighted by Gasteiger charge is -2.24. The molecule has 0 spiro atoms. The molecule has 3 N–H and O–H groups in total. The van der Waals surface area contributed by atoms with Crippen molar-refractivity contribution in [2.24, 2.45) is 0 Å². The number of urea groups is 1. The number of fused-ring (bicyclic) bond motifs is 1. The van der Waals surface area contributed by atoms with E-state index in [1.165, 1.54) is 4.90 Å². The van der Waals surface area contributed by atoms with Crippen molar-refractivity contribution in [2.45, 2.75) is 18.9 Å². The molecule has 2 aromatic carbocycles. The molecule has 2 aromatic heterocycles. The van der Waals surface area contributed by atoms with Crippen molar-refractivity contribution in [1.82, 2.24) is 19.8 Å². The van der Waals surface area contributed by atoms with Gasteiger partial charge in [0.05, 0.1) is 31.0 Å². The maximum atomic E-state index is 13.1. The van der Waals surface area contributed by atoms with Gasteiger partial charge in [0, 0.05) is 55.1 Å². The number of anilines is 1. The number of carbonyl (C=O) groups is 2. The van der Waals surface area contributed by atoms with Gasteiger partial charge in [0.25, 0.3) is 5.91 Å². The van der Waals surface area contributed by atoms with Crippen LogP contribution in [-0.2, 0) is 0 Å². The molecule has 9 nitrogen and oxygen atoms in total. The smallest absolute Gasteiger partial charge is 0.322 e. The largest absolute Gasteiger partial charge is 0.496 e. The lowest BCUT2D eigenvalue weighted by atomic mass is 9.99. The van der Waals surface area contributed by atoms with Gasteiger partial charge >= 0.3 is 6.03 Å². The SMILES string of the molecule is COc1ccccc1-c1c[nH]c2ncc(-c3ccc(NC(=O)N4CCCC4CO)c(C(=O)N(C)C)c3)cc12. The van der Waals surface area contributed by atoms with E-state index in [1.807, 2.05) is 42.6 Å². The highest BCUT2D eigenvalue weighted by molar-refractivity contribution is 6.05. The van der Waals surface area contributed by atoms with Crippen LogP contribution in [0.3, 0.4) is 0 Å². The molecule has 1 fully saturated rings. The van der Waals surface area contributed by atoms with Crippen LogP contribution in [0.1, 0.15) is 23.2 Å². The molecule has 1 aliphatic rings. The van der Waals surface area contributed by atoms with Gasteiger partial charge in [0.15, 0.2) is 0 Å². The Hall–Kier alpha value is -4.37. The Balaban J connectivity index is 1.53. The van der Waals surface area contributed by atoms with E-state index in [0.29, 0.717) is 17.8 Å². The molecule has 0 aliphatic carbocycles. The minimum atomic E-state index is -0.320. The van der Waals surface area contributed by atoms with Gasteiger partial charge in [0.1, 0.15) is 11.4 Å². The Morgan fingerprint density at radius 3 is 2.74 bits per heavy atom. The van der Waals surface area contributed by atoms with E-state index < -0.39 is 0 Å². The standard InChI is InChI=1S/C29H31N5O4/c1-33(2)28(36)23-13-18(10-11-25(23)32-29(37)34-12-6-7-20(34)17-35)19-14-22-24(16-31-27(22)30-15-19)21-8-4-5-9-26(21)38-3/h4-5,8-11,13-16,20,35H,6-7,12,17H2,1-3H3,(H,30,31)(H,32,37). The minimum absolute atomic E-state index is 0.0820. The average Bonchev–Trinajstić information content (AvgIpc) is 3.59. The molecule has 1 aliphatic heterocycles. The summed E-state index contributed by atoms with van der Waals surface area (Å²) in [5, 5.41) is 13.4. The zero-order chi connectivity index (χ0) is 26.8. The number of hydrogen-bond donors (Lipinski definition) is 3. The summed E-state index contributed by atoms with van der Waals surface area (Å²) in [5.41, 5.74) is 5.08. The second kappa shape index (κ2) is 10.5. The Morgan fingerprint density at radius 2 is 1.97 bits per heavy atom. The van der Waals surface area contributed by atoms with Crippen LogP contribution in [-0.4, -0.2) is 77.2 Å². The third kappa shape index (κ3) is 4.68. The van der Waals surface area contributed by atoms with Crippen LogP contribution in [0.15, 0.2) is 60.9 Å². The van der Waals surface area contributed by atoms with Crippen LogP contribution in [0.5, 0.6) is 5.75 Å². The third-order valence-corrected chi connectivity index (χ3v) is 7.01. The fraction of sp³-hybridized carbons (Fsp3) is 0.276. The van der Waals surface area contributed by atoms with E-state index in [4.69, 9.17) is 4.74 Å². The fourth-order valence-corrected chi connectivity index (χ4v) is 4.98. The van der Waals surface area contributed by atoms with Crippen LogP contribution >= 0.6 is 0 Å². The molecule has 5 rings (SSSR count). The van der Waals surface area contributed by atoms with E-state index in [1.54, 1.807) is 44.4 Å². The van der Waals surface area contributed by atoms with Gasteiger partial charge in [-0.15, -0.1) is 0 Å². The lowest BCUT2D eigenvalue weighted by Crippen LogP contribution is -2.40. The maximum absolute atomic E-state index is 13.1. The molecular weight excluding hydrogens is 482 g/mol. The number of likely N-dealkylation sites (tertiary alicyclic amines) is 1. The number of pyridine rings is 1. The van der Waals surface area contributed by atoms with Gasteiger partial charge in [0.2, 0.25) is 0 Å². The highest BCUT2D eigenvalue weighted by Gasteiger charge is 2.29. The molecule has 1 saturated heterocycles. The fourth-order valence-electron chi connectivity index (χ4n) is 4.98. The van der Waals surface area contributed by atoms with Crippen LogP contribution in [0.4, 0.5) is 10.5 Å². The molecule has 9 heteroatoms. The predicted molar refractivity (Wildman–Crippen MR) is 147 cm³/mol. The monoisotopic (exact) mass is 513 g/mol. The number of carbonyl (C=O) groups excluding carboxylic acids is 2. The summed E-state index contributed by atoms with van der Waals surface area (Å²) in [7, 11) is 5.00. The Kier molecular flexibility index (Phi) is 7.02. The van der Waals surface area contributed by atoms with Crippen LogP contribution in [0, 0.1) is 0 Å². The molecule has 196 valence electrons. The van der Waals surface area contributed by atoms with Crippen LogP contribution in [0.2, 0.25) is 0 Å². The molecule has 0 bridgehead atoms. The number of hydrogen-bond acceptors (Lipinski definition) is 5. The molecule has 1 unspecified atom stereocenters. The van der Waals surface area contributed by atoms with Crippen molar-refractivity contribution in [2.75, 3.05) is 39.7 Å². The van der Waals surface area contributed by atoms with Gasteiger partial charge in [-0.2, -0.15) is 0 Å². The number of methoxy groups -OCH3 is 1. The number of aromatic amines is 1. The average molecular weight is 514 g/mol. The second-order valence-electron chi connectivity index (χ2n) is 9.58. The third-order valence-electron chi connectivity index (χ3n) is 7.01. The number of aliphatic hydroxyl groups excluding tert-OH is 1. The first-order valence-electron chi connectivity index (χ1n) is 12.6. The summed E-state index contributed by atoms with van der Waals surface area (Å²) in [6.45, 7) is 0.490. The van der Waals surface area contributed by atoms with Crippen LogP contribution < -0.4 is 10.1 Å². The van der Waals surface area contributed by atoms with Crippen molar-refractivity contribution in [3.63, 3.8) is 0 Å². The van der Waals surface area contributed by atoms with Gasteiger partial charge in [-0.05, 0) is 42.7 Å². The number of aromatic nitrogens is 2. The molecule has 4 aromatic rings. The summed E-state index contributed by atoms with van der Waals surface area (Å²) >= 11 is 0. The van der Waals surface area contributed by atoms with E-state index >= 15 is 0 Å². The van der Waals surface area contributed by atoms with Crippen molar-refractivity contribution in [3.8, 4) is 28.0 Å².